The maximum Gasteiger partial charge on any atom is 0.0968 e. The quantitative estimate of drug-likeness (QED) is 0.665. The minimum Gasteiger partial charge on any atom is -0.397 e. The zero-order chi connectivity index (χ0) is 11.4. The van der Waals surface area contributed by atoms with Gasteiger partial charge in [0.05, 0.1) is 17.3 Å². The summed E-state index contributed by atoms with van der Waals surface area (Å²) in [5.74, 6) is 0. The number of benzene rings is 1. The van der Waals surface area contributed by atoms with Crippen molar-refractivity contribution in [3.8, 4) is 6.07 Å². The number of hydrogen-bond acceptors (Lipinski definition) is 2. The van der Waals surface area contributed by atoms with Crippen molar-refractivity contribution in [1.29, 1.82) is 5.26 Å². The SMILES string of the molecule is CC/C(C#N)=C(/N)c1cc(Cl)ccc1I. The van der Waals surface area contributed by atoms with Gasteiger partial charge in [0.1, 0.15) is 0 Å². The van der Waals surface area contributed by atoms with Crippen LogP contribution in [-0.2, 0) is 0 Å². The van der Waals surface area contributed by atoms with E-state index in [1.54, 1.807) is 12.1 Å². The Bertz CT molecular complexity index is 446. The molecular formula is C11H10ClIN2. The Kier molecular flexibility index (Phi) is 4.43. The van der Waals surface area contributed by atoms with Crippen molar-refractivity contribution in [3.05, 3.63) is 37.9 Å². The minimum atomic E-state index is 0.520. The predicted molar refractivity (Wildman–Crippen MR) is 71.2 cm³/mol. The van der Waals surface area contributed by atoms with Crippen molar-refractivity contribution in [2.45, 2.75) is 13.3 Å². The molecule has 0 unspecified atom stereocenters. The monoisotopic (exact) mass is 332 g/mol. The zero-order valence-electron chi connectivity index (χ0n) is 8.22. The molecule has 0 aliphatic rings. The lowest BCUT2D eigenvalue weighted by Crippen LogP contribution is -2.02. The molecule has 1 rings (SSSR count). The molecule has 0 aliphatic heterocycles. The highest BCUT2D eigenvalue weighted by Crippen LogP contribution is 2.24. The summed E-state index contributed by atoms with van der Waals surface area (Å²) in [6, 6.07) is 7.58. The minimum absolute atomic E-state index is 0.520. The molecule has 0 radical (unpaired) electrons. The molecule has 0 saturated carbocycles. The molecule has 0 aromatic heterocycles. The molecule has 1 aromatic rings. The summed E-state index contributed by atoms with van der Waals surface area (Å²) in [6.07, 6.45) is 0.630. The van der Waals surface area contributed by atoms with Gasteiger partial charge in [0, 0.05) is 14.2 Å². The number of nitriles is 1. The Labute approximate surface area is 108 Å². The summed E-state index contributed by atoms with van der Waals surface area (Å²) < 4.78 is 0.996. The first-order chi connectivity index (χ1) is 7.10. The summed E-state index contributed by atoms with van der Waals surface area (Å²) in [5, 5.41) is 9.52. The number of nitrogens with zero attached hydrogens (tertiary/aromatic N) is 1. The van der Waals surface area contributed by atoms with Crippen molar-refractivity contribution in [1.82, 2.24) is 0 Å². The van der Waals surface area contributed by atoms with Crippen LogP contribution in [0.4, 0.5) is 0 Å². The number of rotatable bonds is 2. The smallest absolute Gasteiger partial charge is 0.0968 e. The number of allylic oxidation sites excluding steroid dienone is 1. The highest BCUT2D eigenvalue weighted by Gasteiger charge is 2.08. The van der Waals surface area contributed by atoms with E-state index in [9.17, 15) is 0 Å². The topological polar surface area (TPSA) is 49.8 Å². The summed E-state index contributed by atoms with van der Waals surface area (Å²) in [7, 11) is 0. The Morgan fingerprint density at radius 3 is 2.80 bits per heavy atom. The third kappa shape index (κ3) is 2.86. The molecule has 2 nitrogen and oxygen atoms in total. The predicted octanol–water partition coefficient (Wildman–Crippen LogP) is 3.55. The highest BCUT2D eigenvalue weighted by molar-refractivity contribution is 14.1. The first kappa shape index (κ1) is 12.3. The third-order valence-electron chi connectivity index (χ3n) is 2.03. The van der Waals surface area contributed by atoms with Crippen molar-refractivity contribution in [2.75, 3.05) is 0 Å². The van der Waals surface area contributed by atoms with Crippen molar-refractivity contribution >= 4 is 39.9 Å². The van der Waals surface area contributed by atoms with Gasteiger partial charge < -0.3 is 5.73 Å². The van der Waals surface area contributed by atoms with Gasteiger partial charge in [-0.05, 0) is 47.2 Å². The number of halogens is 2. The van der Waals surface area contributed by atoms with Crippen LogP contribution in [0.2, 0.25) is 5.02 Å². The molecule has 1 aromatic carbocycles. The van der Waals surface area contributed by atoms with E-state index >= 15 is 0 Å². The fourth-order valence-corrected chi connectivity index (χ4v) is 1.99. The fourth-order valence-electron chi connectivity index (χ4n) is 1.20. The third-order valence-corrected chi connectivity index (χ3v) is 3.21. The van der Waals surface area contributed by atoms with Gasteiger partial charge in [0.25, 0.3) is 0 Å². The van der Waals surface area contributed by atoms with Crippen LogP contribution < -0.4 is 5.73 Å². The summed E-state index contributed by atoms with van der Waals surface area (Å²) >= 11 is 8.06. The summed E-state index contributed by atoms with van der Waals surface area (Å²) in [6.45, 7) is 1.91. The van der Waals surface area contributed by atoms with Gasteiger partial charge in [-0.1, -0.05) is 18.5 Å². The molecule has 0 atom stereocenters. The normalized spacial score (nSPS) is 11.9. The van der Waals surface area contributed by atoms with Crippen LogP contribution in [0.5, 0.6) is 0 Å². The maximum atomic E-state index is 8.89. The number of nitrogens with two attached hydrogens (primary N) is 1. The molecule has 0 heterocycles. The molecule has 15 heavy (non-hydrogen) atoms. The lowest BCUT2D eigenvalue weighted by atomic mass is 10.1. The molecule has 0 bridgehead atoms. The van der Waals surface area contributed by atoms with Crippen LogP contribution in [-0.4, -0.2) is 0 Å². The second-order valence-electron chi connectivity index (χ2n) is 2.98. The van der Waals surface area contributed by atoms with Crippen LogP contribution in [0.1, 0.15) is 18.9 Å². The summed E-state index contributed by atoms with van der Waals surface area (Å²) in [4.78, 5) is 0. The maximum absolute atomic E-state index is 8.89. The molecule has 0 amide bonds. The van der Waals surface area contributed by atoms with E-state index in [2.05, 4.69) is 28.7 Å². The largest absolute Gasteiger partial charge is 0.397 e. The number of hydrogen-bond donors (Lipinski definition) is 1. The Balaban J connectivity index is 3.34. The van der Waals surface area contributed by atoms with E-state index in [0.29, 0.717) is 22.7 Å². The van der Waals surface area contributed by atoms with Crippen LogP contribution >= 0.6 is 34.2 Å². The molecule has 0 spiro atoms. The van der Waals surface area contributed by atoms with Gasteiger partial charge >= 0.3 is 0 Å². The van der Waals surface area contributed by atoms with Gasteiger partial charge in [-0.3, -0.25) is 0 Å². The second-order valence-corrected chi connectivity index (χ2v) is 4.58. The molecule has 0 saturated heterocycles. The van der Waals surface area contributed by atoms with E-state index in [1.807, 2.05) is 13.0 Å². The van der Waals surface area contributed by atoms with E-state index in [-0.39, 0.29) is 0 Å². The average Bonchev–Trinajstić information content (AvgIpc) is 2.23. The Morgan fingerprint density at radius 2 is 2.27 bits per heavy atom. The van der Waals surface area contributed by atoms with Crippen LogP contribution in [0.3, 0.4) is 0 Å². The second kappa shape index (κ2) is 5.38. The van der Waals surface area contributed by atoms with Gasteiger partial charge in [0.15, 0.2) is 0 Å². The molecule has 78 valence electrons. The van der Waals surface area contributed by atoms with Crippen molar-refractivity contribution in [3.63, 3.8) is 0 Å². The standard InChI is InChI=1S/C11H10ClIN2/c1-2-7(6-14)11(15)9-5-8(12)3-4-10(9)13/h3-5H,2,15H2,1H3/b11-7-. The van der Waals surface area contributed by atoms with E-state index in [4.69, 9.17) is 22.6 Å². The van der Waals surface area contributed by atoms with Gasteiger partial charge in [0.2, 0.25) is 0 Å². The molecular weight excluding hydrogens is 322 g/mol. The van der Waals surface area contributed by atoms with Gasteiger partial charge in [-0.15, -0.1) is 0 Å². The fraction of sp³-hybridized carbons (Fsp3) is 0.182. The van der Waals surface area contributed by atoms with E-state index < -0.39 is 0 Å². The van der Waals surface area contributed by atoms with Crippen molar-refractivity contribution in [2.24, 2.45) is 5.73 Å². The molecule has 0 fully saturated rings. The first-order valence-electron chi connectivity index (χ1n) is 4.44. The lowest BCUT2D eigenvalue weighted by molar-refractivity contribution is 1.14. The highest BCUT2D eigenvalue weighted by atomic mass is 127. The average molecular weight is 333 g/mol. The van der Waals surface area contributed by atoms with Crippen LogP contribution in [0.15, 0.2) is 23.8 Å². The summed E-state index contributed by atoms with van der Waals surface area (Å²) in [5.41, 5.74) is 7.87. The Morgan fingerprint density at radius 1 is 1.60 bits per heavy atom. The molecule has 2 N–H and O–H groups in total. The zero-order valence-corrected chi connectivity index (χ0v) is 11.1. The Hall–Kier alpha value is -0.730. The molecule has 4 heteroatoms. The van der Waals surface area contributed by atoms with E-state index in [1.165, 1.54) is 0 Å². The van der Waals surface area contributed by atoms with Gasteiger partial charge in [-0.2, -0.15) is 5.26 Å². The van der Waals surface area contributed by atoms with Crippen LogP contribution in [0.25, 0.3) is 5.70 Å². The molecule has 0 aliphatic carbocycles. The van der Waals surface area contributed by atoms with Gasteiger partial charge in [-0.25, -0.2) is 0 Å². The van der Waals surface area contributed by atoms with Crippen molar-refractivity contribution < 1.29 is 0 Å². The van der Waals surface area contributed by atoms with E-state index in [0.717, 1.165) is 9.13 Å². The first-order valence-corrected chi connectivity index (χ1v) is 5.90. The lowest BCUT2D eigenvalue weighted by Gasteiger charge is -2.07. The van der Waals surface area contributed by atoms with Crippen LogP contribution in [0, 0.1) is 14.9 Å².